The molecule has 0 aromatic heterocycles. The van der Waals surface area contributed by atoms with Crippen LogP contribution in [0.4, 0.5) is 9.18 Å². The zero-order valence-corrected chi connectivity index (χ0v) is 28.5. The molecule has 2 amide bonds. The summed E-state index contributed by atoms with van der Waals surface area (Å²) < 4.78 is 25.1. The number of amides is 2. The maximum absolute atomic E-state index is 14.2. The van der Waals surface area contributed by atoms with Gasteiger partial charge in [0.25, 0.3) is 0 Å². The second-order valence-electron chi connectivity index (χ2n) is 12.5. The van der Waals surface area contributed by atoms with Gasteiger partial charge >= 0.3 is 6.09 Å². The van der Waals surface area contributed by atoms with E-state index in [0.29, 0.717) is 37.5 Å². The topological polar surface area (TPSA) is 62.3 Å². The predicted molar refractivity (Wildman–Crippen MR) is 176 cm³/mol. The number of benzene rings is 1. The van der Waals surface area contributed by atoms with Crippen LogP contribution in [0.3, 0.4) is 0 Å². The molecule has 3 saturated heterocycles. The number of hydrogen-bond acceptors (Lipinski definition) is 6. The van der Waals surface area contributed by atoms with E-state index in [2.05, 4.69) is 24.5 Å². The number of allylic oxidation sites excluding steroid dienone is 1. The Kier molecular flexibility index (Phi) is 16.1. The van der Waals surface area contributed by atoms with Gasteiger partial charge in [0.05, 0.1) is 6.04 Å². The van der Waals surface area contributed by atoms with Crippen molar-refractivity contribution in [3.05, 3.63) is 47.3 Å². The molecule has 1 aromatic rings. The molecule has 0 saturated carbocycles. The molecule has 3 aliphatic heterocycles. The molecular weight excluding hydrogens is 565 g/mol. The van der Waals surface area contributed by atoms with Crippen molar-refractivity contribution in [2.45, 2.75) is 97.8 Å². The summed E-state index contributed by atoms with van der Waals surface area (Å²) in [6.45, 7) is 19.1. The van der Waals surface area contributed by atoms with Crippen molar-refractivity contribution in [1.29, 1.82) is 0 Å². The highest BCUT2D eigenvalue weighted by molar-refractivity contribution is 7.80. The Morgan fingerprint density at radius 1 is 1.14 bits per heavy atom. The van der Waals surface area contributed by atoms with E-state index in [0.717, 1.165) is 75.3 Å². The fourth-order valence-corrected chi connectivity index (χ4v) is 5.98. The van der Waals surface area contributed by atoms with Crippen LogP contribution in [0.2, 0.25) is 0 Å². The molecule has 0 aliphatic carbocycles. The van der Waals surface area contributed by atoms with Crippen LogP contribution in [0.25, 0.3) is 0 Å². The summed E-state index contributed by atoms with van der Waals surface area (Å²) in [6.07, 6.45) is 8.71. The lowest BCUT2D eigenvalue weighted by atomic mass is 9.89. The van der Waals surface area contributed by atoms with Gasteiger partial charge in [-0.1, -0.05) is 45.1 Å². The molecule has 3 atom stereocenters. The molecular formula is C34H56FN3O4S. The number of thiol groups is 1. The minimum absolute atomic E-state index is 0.0318. The summed E-state index contributed by atoms with van der Waals surface area (Å²) in [5.41, 5.74) is 1.38. The first-order valence-electron chi connectivity index (χ1n) is 16.1. The van der Waals surface area contributed by atoms with Gasteiger partial charge in [-0.2, -0.15) is 12.6 Å². The van der Waals surface area contributed by atoms with Crippen molar-refractivity contribution < 1.29 is 23.5 Å². The van der Waals surface area contributed by atoms with Gasteiger partial charge in [0, 0.05) is 57.9 Å². The predicted octanol–water partition coefficient (Wildman–Crippen LogP) is 6.70. The molecule has 4 rings (SSSR count). The van der Waals surface area contributed by atoms with Gasteiger partial charge in [-0.15, -0.1) is 0 Å². The number of rotatable bonds is 7. The highest BCUT2D eigenvalue weighted by Gasteiger charge is 2.36. The Balaban J connectivity index is 0.000000284. The Bertz CT molecular complexity index is 1010. The number of aryl methyl sites for hydroxylation is 1. The molecule has 7 nitrogen and oxygen atoms in total. The molecule has 3 aliphatic rings. The number of carbonyl (C=O) groups is 2. The normalized spacial score (nSPS) is 23.3. The van der Waals surface area contributed by atoms with Crippen LogP contribution in [0.5, 0.6) is 0 Å². The fourth-order valence-electron chi connectivity index (χ4n) is 5.79. The van der Waals surface area contributed by atoms with Crippen LogP contribution in [-0.2, 0) is 14.3 Å². The van der Waals surface area contributed by atoms with Gasteiger partial charge in [-0.3, -0.25) is 14.6 Å². The van der Waals surface area contributed by atoms with E-state index in [-0.39, 0.29) is 18.0 Å². The lowest BCUT2D eigenvalue weighted by Crippen LogP contribution is -2.55. The highest BCUT2D eigenvalue weighted by atomic mass is 32.1. The smallest absolute Gasteiger partial charge is 0.410 e. The first kappa shape index (κ1) is 37.1. The third-order valence-corrected chi connectivity index (χ3v) is 8.33. The number of halogens is 1. The Hall–Kier alpha value is -2.10. The molecule has 0 radical (unpaired) electrons. The van der Waals surface area contributed by atoms with Crippen molar-refractivity contribution in [3.8, 4) is 0 Å². The van der Waals surface area contributed by atoms with E-state index >= 15 is 0 Å². The number of likely N-dealkylation sites (tertiary alicyclic amines) is 1. The van der Waals surface area contributed by atoms with E-state index < -0.39 is 5.60 Å². The van der Waals surface area contributed by atoms with E-state index in [1.165, 1.54) is 0 Å². The zero-order valence-electron chi connectivity index (χ0n) is 27.6. The molecule has 0 N–H and O–H groups in total. The first-order valence-corrected chi connectivity index (χ1v) is 16.7. The summed E-state index contributed by atoms with van der Waals surface area (Å²) in [7, 11) is 0. The number of piperazine rings is 1. The maximum atomic E-state index is 14.2. The molecule has 3 heterocycles. The van der Waals surface area contributed by atoms with Gasteiger partial charge in [0.1, 0.15) is 11.4 Å². The summed E-state index contributed by atoms with van der Waals surface area (Å²) in [5, 5.41) is 0. The minimum Gasteiger partial charge on any atom is -0.444 e. The van der Waals surface area contributed by atoms with Crippen LogP contribution in [0.1, 0.15) is 84.3 Å². The molecule has 244 valence electrons. The number of carbonyl (C=O) groups excluding carboxylic acids is 2. The largest absolute Gasteiger partial charge is 0.444 e. The summed E-state index contributed by atoms with van der Waals surface area (Å²) in [4.78, 5) is 29.1. The third kappa shape index (κ3) is 12.1. The molecule has 0 bridgehead atoms. The lowest BCUT2D eigenvalue weighted by molar-refractivity contribution is -0.120. The van der Waals surface area contributed by atoms with Gasteiger partial charge in [0.2, 0.25) is 6.41 Å². The van der Waals surface area contributed by atoms with Crippen molar-refractivity contribution in [3.63, 3.8) is 0 Å². The zero-order chi connectivity index (χ0) is 32.0. The molecule has 1 aromatic carbocycles. The second kappa shape index (κ2) is 18.6. The fraction of sp³-hybridized carbons (Fsp3) is 0.706. The van der Waals surface area contributed by atoms with Crippen molar-refractivity contribution in [2.24, 2.45) is 5.92 Å². The van der Waals surface area contributed by atoms with Crippen molar-refractivity contribution in [1.82, 2.24) is 14.7 Å². The molecule has 2 unspecified atom stereocenters. The van der Waals surface area contributed by atoms with Crippen molar-refractivity contribution >= 4 is 25.1 Å². The maximum Gasteiger partial charge on any atom is 0.410 e. The number of nitrogens with zero attached hydrogens (tertiary/aromatic N) is 3. The quantitative estimate of drug-likeness (QED) is 0.159. The molecule has 43 heavy (non-hydrogen) atoms. The van der Waals surface area contributed by atoms with Gasteiger partial charge < -0.3 is 14.4 Å². The Morgan fingerprint density at radius 2 is 1.84 bits per heavy atom. The Morgan fingerprint density at radius 3 is 2.44 bits per heavy atom. The number of unbranched alkanes of at least 4 members (excludes halogenated alkanes) is 1. The highest BCUT2D eigenvalue weighted by Crippen LogP contribution is 2.36. The second-order valence-corrected chi connectivity index (χ2v) is 13.0. The van der Waals surface area contributed by atoms with E-state index in [1.54, 1.807) is 15.9 Å². The van der Waals surface area contributed by atoms with Crippen LogP contribution < -0.4 is 0 Å². The van der Waals surface area contributed by atoms with Gasteiger partial charge in [-0.25, -0.2) is 9.18 Å². The molecule has 3 fully saturated rings. The van der Waals surface area contributed by atoms with Crippen LogP contribution in [0, 0.1) is 18.7 Å². The van der Waals surface area contributed by atoms with E-state index in [1.807, 2.05) is 65.8 Å². The summed E-state index contributed by atoms with van der Waals surface area (Å²) >= 11 is 4.17. The van der Waals surface area contributed by atoms with Crippen molar-refractivity contribution in [2.75, 3.05) is 51.7 Å². The number of ether oxygens (including phenoxy) is 2. The lowest BCUT2D eigenvalue weighted by Gasteiger charge is -2.39. The summed E-state index contributed by atoms with van der Waals surface area (Å²) in [5.74, 6) is 1.66. The van der Waals surface area contributed by atoms with E-state index in [4.69, 9.17) is 9.47 Å². The minimum atomic E-state index is -0.515. The molecule has 0 spiro atoms. The standard InChI is InChI=1S/C17H24FNO.C15H26N2O3S.C2H6/c1-12-3-4-15(17(18)9-12)16-11-19(10-13(16)2)14-5-7-20-8-6-14;1-15(2,3)20-14(19)17-9-8-16(12-18)11-13(17)7-5-4-6-10-21;1-2/h3-4,9,13-14,16H,5-8,10-11H2,1-2H3;5,7,12-13,21H,4,6,8-11H2,1-3H3;1-2H3/t13?,16-;;/m1../s1. The molecule has 9 heteroatoms. The average Bonchev–Trinajstić information content (AvgIpc) is 3.37. The van der Waals surface area contributed by atoms with E-state index in [9.17, 15) is 14.0 Å². The van der Waals surface area contributed by atoms with Crippen LogP contribution in [-0.4, -0.2) is 96.6 Å². The average molecular weight is 622 g/mol. The first-order chi connectivity index (χ1) is 20.5. The number of hydrogen-bond donors (Lipinski definition) is 1. The van der Waals surface area contributed by atoms with Gasteiger partial charge in [0.15, 0.2) is 0 Å². The monoisotopic (exact) mass is 621 g/mol. The Labute approximate surface area is 265 Å². The summed E-state index contributed by atoms with van der Waals surface area (Å²) in [6, 6.07) is 6.18. The SMILES string of the molecule is CC.CC(C)(C)OC(=O)N1CCN(C=O)CC1C=CCCCS.Cc1ccc([C@@H]2CN(C3CCOCC3)CC2C)c(F)c1. The van der Waals surface area contributed by atoms with Gasteiger partial charge in [-0.05, 0) is 82.2 Å². The van der Waals surface area contributed by atoms with Crippen LogP contribution in [0.15, 0.2) is 30.4 Å². The van der Waals surface area contributed by atoms with Crippen LogP contribution >= 0.6 is 12.6 Å². The third-order valence-electron chi connectivity index (χ3n) is 8.02.